The molecule has 7 heteroatoms. The summed E-state index contributed by atoms with van der Waals surface area (Å²) in [6.07, 6.45) is 28.7. The SMILES string of the molecule is CCCCCCCCCCCCCCCCCC[n+]1ccn(C(C)C#N)c1.O=[N+]([O-])[O-]. The lowest BCUT2D eigenvalue weighted by atomic mass is 10.0. The summed E-state index contributed by atoms with van der Waals surface area (Å²) in [4.78, 5) is 8.25. The number of rotatable bonds is 18. The van der Waals surface area contributed by atoms with Crippen molar-refractivity contribution in [1.29, 1.82) is 5.26 Å². The molecule has 1 heterocycles. The fourth-order valence-electron chi connectivity index (χ4n) is 3.68. The molecule has 0 saturated heterocycles. The van der Waals surface area contributed by atoms with E-state index in [0.717, 1.165) is 6.54 Å². The average molecular weight is 437 g/mol. The van der Waals surface area contributed by atoms with Gasteiger partial charge < -0.3 is 15.3 Å². The lowest BCUT2D eigenvalue weighted by Crippen LogP contribution is -2.31. The third kappa shape index (κ3) is 19.6. The van der Waals surface area contributed by atoms with Gasteiger partial charge in [-0.1, -0.05) is 96.8 Å². The zero-order valence-electron chi connectivity index (χ0n) is 19.8. The van der Waals surface area contributed by atoms with E-state index in [1.165, 1.54) is 103 Å². The molecular weight excluding hydrogens is 392 g/mol. The summed E-state index contributed by atoms with van der Waals surface area (Å²) >= 11 is 0. The molecule has 0 aliphatic carbocycles. The molecule has 178 valence electrons. The minimum absolute atomic E-state index is 0.0722. The highest BCUT2D eigenvalue weighted by atomic mass is 16.9. The Kier molecular flexibility index (Phi) is 19.7. The number of aromatic nitrogens is 2. The van der Waals surface area contributed by atoms with Crippen LogP contribution in [-0.4, -0.2) is 9.65 Å². The molecule has 0 aromatic carbocycles. The third-order valence-corrected chi connectivity index (χ3v) is 5.62. The Labute approximate surface area is 189 Å². The number of hydrogen-bond acceptors (Lipinski definition) is 4. The maximum atomic E-state index is 8.94. The Bertz CT molecular complexity index is 580. The van der Waals surface area contributed by atoms with E-state index in [1.807, 2.05) is 17.7 Å². The van der Waals surface area contributed by atoms with Crippen LogP contribution in [0.4, 0.5) is 0 Å². The van der Waals surface area contributed by atoms with Crippen molar-refractivity contribution in [3.05, 3.63) is 34.0 Å². The minimum atomic E-state index is -1.75. The lowest BCUT2D eigenvalue weighted by Gasteiger charge is -2.03. The van der Waals surface area contributed by atoms with Crippen LogP contribution >= 0.6 is 0 Å². The number of nitrogens with zero attached hydrogens (tertiary/aromatic N) is 4. The van der Waals surface area contributed by atoms with Crippen LogP contribution in [0.25, 0.3) is 0 Å². The minimum Gasteiger partial charge on any atom is -0.356 e. The molecule has 0 fully saturated rings. The highest BCUT2D eigenvalue weighted by molar-refractivity contribution is 4.87. The van der Waals surface area contributed by atoms with Crippen LogP contribution in [-0.2, 0) is 6.54 Å². The van der Waals surface area contributed by atoms with Gasteiger partial charge in [0.25, 0.3) is 0 Å². The first-order chi connectivity index (χ1) is 15.0. The van der Waals surface area contributed by atoms with Crippen LogP contribution in [0.15, 0.2) is 18.7 Å². The quantitative estimate of drug-likeness (QED) is 0.108. The van der Waals surface area contributed by atoms with Gasteiger partial charge in [-0.3, -0.25) is 0 Å². The molecule has 0 spiro atoms. The van der Waals surface area contributed by atoms with Gasteiger partial charge in [0.1, 0.15) is 18.5 Å². The van der Waals surface area contributed by atoms with Gasteiger partial charge in [0.2, 0.25) is 6.33 Å². The first-order valence-corrected chi connectivity index (χ1v) is 12.3. The number of imidazole rings is 1. The summed E-state index contributed by atoms with van der Waals surface area (Å²) in [6, 6.07) is 2.20. The molecule has 0 radical (unpaired) electrons. The number of unbranched alkanes of at least 4 members (excludes halogenated alkanes) is 15. The van der Waals surface area contributed by atoms with Crippen LogP contribution in [0.2, 0.25) is 0 Å². The molecule has 0 N–H and O–H groups in total. The molecule has 1 atom stereocenters. The van der Waals surface area contributed by atoms with E-state index in [2.05, 4.69) is 30.1 Å². The molecular formula is C24H44N4O3. The molecule has 0 aliphatic heterocycles. The Balaban J connectivity index is 0.00000206. The zero-order chi connectivity index (χ0) is 23.2. The topological polar surface area (TPSA) is 98.8 Å². The number of nitriles is 1. The van der Waals surface area contributed by atoms with Gasteiger partial charge >= 0.3 is 0 Å². The molecule has 7 nitrogen and oxygen atoms in total. The van der Waals surface area contributed by atoms with Crippen molar-refractivity contribution in [3.63, 3.8) is 0 Å². The van der Waals surface area contributed by atoms with Crippen LogP contribution in [0.1, 0.15) is 123 Å². The van der Waals surface area contributed by atoms with E-state index >= 15 is 0 Å². The maximum Gasteiger partial charge on any atom is 0.244 e. The summed E-state index contributed by atoms with van der Waals surface area (Å²) < 4.78 is 4.18. The van der Waals surface area contributed by atoms with Gasteiger partial charge in [0.15, 0.2) is 6.04 Å². The second kappa shape index (κ2) is 21.1. The Hall–Kier alpha value is -2.10. The fourth-order valence-corrected chi connectivity index (χ4v) is 3.68. The molecule has 1 unspecified atom stereocenters. The van der Waals surface area contributed by atoms with Gasteiger partial charge in [0.05, 0.1) is 11.6 Å². The number of hydrogen-bond donors (Lipinski definition) is 0. The summed E-state index contributed by atoms with van der Waals surface area (Å²) in [7, 11) is 0. The standard InChI is InChI=1S/C24H44N3.NO3/c1-3-4-5-6-7-8-9-10-11-12-13-14-15-16-17-18-19-26-20-21-27(23-26)24(2)22-25;2-1(3)4/h20-21,23-24H,3-19H2,1-2H3;/q+1;-1. The van der Waals surface area contributed by atoms with Crippen molar-refractivity contribution in [2.75, 3.05) is 0 Å². The highest BCUT2D eigenvalue weighted by Crippen LogP contribution is 2.13. The summed E-state index contributed by atoms with van der Waals surface area (Å²) in [6.45, 7) is 5.29. The fraction of sp³-hybridized carbons (Fsp3) is 0.833. The smallest absolute Gasteiger partial charge is 0.244 e. The molecule has 1 rings (SSSR count). The van der Waals surface area contributed by atoms with Crippen LogP contribution in [0, 0.1) is 26.7 Å². The maximum absolute atomic E-state index is 8.94. The predicted molar refractivity (Wildman–Crippen MR) is 125 cm³/mol. The molecule has 1 aromatic rings. The largest absolute Gasteiger partial charge is 0.356 e. The van der Waals surface area contributed by atoms with Crippen molar-refractivity contribution in [1.82, 2.24) is 4.57 Å². The average Bonchev–Trinajstić information content (AvgIpc) is 3.21. The van der Waals surface area contributed by atoms with E-state index < -0.39 is 5.09 Å². The summed E-state index contributed by atoms with van der Waals surface area (Å²) in [5.74, 6) is 0. The first kappa shape index (κ1) is 28.9. The third-order valence-electron chi connectivity index (χ3n) is 5.62. The van der Waals surface area contributed by atoms with Crippen molar-refractivity contribution < 1.29 is 9.65 Å². The van der Waals surface area contributed by atoms with Crippen LogP contribution < -0.4 is 4.57 Å². The van der Waals surface area contributed by atoms with Crippen molar-refractivity contribution >= 4 is 0 Å². The van der Waals surface area contributed by atoms with Crippen molar-refractivity contribution in [2.24, 2.45) is 0 Å². The van der Waals surface area contributed by atoms with E-state index in [1.54, 1.807) is 0 Å². The first-order valence-electron chi connectivity index (χ1n) is 12.3. The van der Waals surface area contributed by atoms with Gasteiger partial charge in [-0.05, 0) is 19.8 Å². The van der Waals surface area contributed by atoms with Crippen molar-refractivity contribution in [2.45, 2.75) is 129 Å². The monoisotopic (exact) mass is 436 g/mol. The Morgan fingerprint density at radius 3 is 1.65 bits per heavy atom. The number of aryl methyl sites for hydroxylation is 1. The molecule has 0 saturated carbocycles. The second-order valence-corrected chi connectivity index (χ2v) is 8.43. The van der Waals surface area contributed by atoms with Gasteiger partial charge in [-0.25, -0.2) is 9.13 Å². The van der Waals surface area contributed by atoms with Crippen LogP contribution in [0.5, 0.6) is 0 Å². The lowest BCUT2D eigenvalue weighted by molar-refractivity contribution is -0.697. The van der Waals surface area contributed by atoms with E-state index in [9.17, 15) is 0 Å². The van der Waals surface area contributed by atoms with Crippen molar-refractivity contribution in [3.8, 4) is 6.07 Å². The predicted octanol–water partition coefficient (Wildman–Crippen LogP) is 6.88. The molecule has 31 heavy (non-hydrogen) atoms. The zero-order valence-corrected chi connectivity index (χ0v) is 19.8. The van der Waals surface area contributed by atoms with Gasteiger partial charge in [-0.15, -0.1) is 0 Å². The molecule has 0 aliphatic rings. The van der Waals surface area contributed by atoms with Gasteiger partial charge in [0, 0.05) is 0 Å². The highest BCUT2D eigenvalue weighted by Gasteiger charge is 2.09. The Morgan fingerprint density at radius 2 is 1.26 bits per heavy atom. The van der Waals surface area contributed by atoms with Crippen LogP contribution in [0.3, 0.4) is 0 Å². The van der Waals surface area contributed by atoms with E-state index in [0.29, 0.717) is 0 Å². The Morgan fingerprint density at radius 1 is 0.871 bits per heavy atom. The second-order valence-electron chi connectivity index (χ2n) is 8.43. The summed E-state index contributed by atoms with van der Waals surface area (Å²) in [5.41, 5.74) is 0. The summed E-state index contributed by atoms with van der Waals surface area (Å²) in [5, 5.41) is 23.7. The van der Waals surface area contributed by atoms with E-state index in [4.69, 9.17) is 20.6 Å². The molecule has 1 aromatic heterocycles. The normalized spacial score (nSPS) is 11.4. The molecule has 0 bridgehead atoms. The van der Waals surface area contributed by atoms with Gasteiger partial charge in [-0.2, -0.15) is 5.26 Å². The molecule has 0 amide bonds. The van der Waals surface area contributed by atoms with E-state index in [-0.39, 0.29) is 6.04 Å².